The van der Waals surface area contributed by atoms with Gasteiger partial charge in [-0.25, -0.2) is 4.99 Å². The van der Waals surface area contributed by atoms with Gasteiger partial charge in [0.15, 0.2) is 11.9 Å². The third kappa shape index (κ3) is 1.28. The first-order chi connectivity index (χ1) is 4.20. The normalized spacial score (nSPS) is 26.3. The third-order valence-electron chi connectivity index (χ3n) is 1.27. The van der Waals surface area contributed by atoms with Crippen molar-refractivity contribution < 1.29 is 4.84 Å². The summed E-state index contributed by atoms with van der Waals surface area (Å²) in [7, 11) is 0. The van der Waals surface area contributed by atoms with Crippen molar-refractivity contribution in [3.05, 3.63) is 0 Å². The van der Waals surface area contributed by atoms with Crippen LogP contribution in [0.5, 0.6) is 0 Å². The molecule has 0 aromatic carbocycles. The largest absolute Gasteiger partial charge is 0.385 e. The van der Waals surface area contributed by atoms with Gasteiger partial charge in [0, 0.05) is 0 Å². The van der Waals surface area contributed by atoms with E-state index in [-0.39, 0.29) is 6.10 Å². The van der Waals surface area contributed by atoms with Crippen molar-refractivity contribution in [1.29, 1.82) is 0 Å². The second kappa shape index (κ2) is 2.17. The van der Waals surface area contributed by atoms with E-state index >= 15 is 0 Å². The predicted molar refractivity (Wildman–Crippen MR) is 36.8 cm³/mol. The maximum absolute atomic E-state index is 4.96. The van der Waals surface area contributed by atoms with E-state index in [2.05, 4.69) is 10.1 Å². The molecule has 1 rings (SSSR count). The number of aliphatic imine (C=N–C) groups is 1. The van der Waals surface area contributed by atoms with Gasteiger partial charge in [0.05, 0.1) is 5.71 Å². The van der Waals surface area contributed by atoms with Gasteiger partial charge in [-0.05, 0) is 20.8 Å². The zero-order valence-electron chi connectivity index (χ0n) is 5.88. The van der Waals surface area contributed by atoms with Gasteiger partial charge >= 0.3 is 0 Å². The fourth-order valence-electron chi connectivity index (χ4n) is 0.598. The topological polar surface area (TPSA) is 34.0 Å². The summed E-state index contributed by atoms with van der Waals surface area (Å²) in [6.45, 7) is 5.67. The Balaban J connectivity index is 2.74. The van der Waals surface area contributed by atoms with Crippen molar-refractivity contribution in [2.24, 2.45) is 10.1 Å². The fraction of sp³-hybridized carbons (Fsp3) is 0.667. The highest BCUT2D eigenvalue weighted by atomic mass is 16.6. The lowest BCUT2D eigenvalue weighted by Gasteiger charge is -2.13. The average molecular weight is 126 g/mol. The first-order valence-corrected chi connectivity index (χ1v) is 2.96. The Kier molecular flexibility index (Phi) is 1.51. The number of nitrogens with zero attached hydrogens (tertiary/aromatic N) is 2. The van der Waals surface area contributed by atoms with Crippen LogP contribution in [0.15, 0.2) is 10.1 Å². The molecule has 0 radical (unpaired) electrons. The second-order valence-electron chi connectivity index (χ2n) is 2.14. The smallest absolute Gasteiger partial charge is 0.164 e. The molecule has 1 aliphatic rings. The Morgan fingerprint density at radius 1 is 1.44 bits per heavy atom. The van der Waals surface area contributed by atoms with Crippen LogP contribution in [0, 0.1) is 0 Å². The molecule has 0 N–H and O–H groups in total. The van der Waals surface area contributed by atoms with Crippen molar-refractivity contribution in [3.63, 3.8) is 0 Å². The Bertz CT molecular complexity index is 172. The molecule has 0 aromatic rings. The zero-order chi connectivity index (χ0) is 6.85. The van der Waals surface area contributed by atoms with Gasteiger partial charge < -0.3 is 4.84 Å². The molecule has 1 unspecified atom stereocenters. The van der Waals surface area contributed by atoms with E-state index in [4.69, 9.17) is 4.84 Å². The fourth-order valence-corrected chi connectivity index (χ4v) is 0.598. The van der Waals surface area contributed by atoms with E-state index in [1.165, 1.54) is 0 Å². The van der Waals surface area contributed by atoms with Crippen LogP contribution in [0.25, 0.3) is 0 Å². The maximum atomic E-state index is 4.96. The summed E-state index contributed by atoms with van der Waals surface area (Å²) in [5.41, 5.74) is 0.988. The second-order valence-corrected chi connectivity index (χ2v) is 2.14. The molecule has 1 atom stereocenters. The van der Waals surface area contributed by atoms with Crippen molar-refractivity contribution in [1.82, 2.24) is 0 Å². The summed E-state index contributed by atoms with van der Waals surface area (Å²) in [6.07, 6.45) is 0.0497. The molecular formula is C6H10N2O. The lowest BCUT2D eigenvalue weighted by molar-refractivity contribution is 0.114. The van der Waals surface area contributed by atoms with Crippen molar-refractivity contribution >= 4 is 11.5 Å². The van der Waals surface area contributed by atoms with E-state index in [1.54, 1.807) is 0 Å². The SMILES string of the molecule is CC1=NOC(C)C(C)=N1. The van der Waals surface area contributed by atoms with Crippen molar-refractivity contribution in [2.75, 3.05) is 0 Å². The van der Waals surface area contributed by atoms with Crippen LogP contribution in [-0.4, -0.2) is 17.7 Å². The summed E-state index contributed by atoms with van der Waals surface area (Å²) in [5.74, 6) is 0.700. The minimum absolute atomic E-state index is 0.0497. The molecule has 50 valence electrons. The van der Waals surface area contributed by atoms with Gasteiger partial charge in [-0.15, -0.1) is 0 Å². The predicted octanol–water partition coefficient (Wildman–Crippen LogP) is 1.20. The van der Waals surface area contributed by atoms with Crippen LogP contribution >= 0.6 is 0 Å². The highest BCUT2D eigenvalue weighted by Gasteiger charge is 2.10. The molecule has 0 amide bonds. The monoisotopic (exact) mass is 126 g/mol. The van der Waals surface area contributed by atoms with Crippen molar-refractivity contribution in [2.45, 2.75) is 26.9 Å². The Hall–Kier alpha value is -0.860. The number of rotatable bonds is 0. The van der Waals surface area contributed by atoms with Gasteiger partial charge in [-0.3, -0.25) is 0 Å². The first kappa shape index (κ1) is 6.26. The van der Waals surface area contributed by atoms with Gasteiger partial charge in [0.2, 0.25) is 0 Å². The molecule has 0 fully saturated rings. The Labute approximate surface area is 54.4 Å². The Morgan fingerprint density at radius 3 is 2.56 bits per heavy atom. The third-order valence-corrected chi connectivity index (χ3v) is 1.27. The summed E-state index contributed by atoms with van der Waals surface area (Å²) in [5, 5.41) is 3.69. The van der Waals surface area contributed by atoms with E-state index in [0.29, 0.717) is 5.84 Å². The Morgan fingerprint density at radius 2 is 2.11 bits per heavy atom. The van der Waals surface area contributed by atoms with E-state index in [9.17, 15) is 0 Å². The van der Waals surface area contributed by atoms with Crippen LogP contribution in [0.3, 0.4) is 0 Å². The summed E-state index contributed by atoms with van der Waals surface area (Å²) < 4.78 is 0. The van der Waals surface area contributed by atoms with Gasteiger partial charge in [-0.2, -0.15) is 0 Å². The number of oxime groups is 1. The molecule has 0 aliphatic carbocycles. The molecule has 0 saturated carbocycles. The molecule has 0 aromatic heterocycles. The average Bonchev–Trinajstić information content (AvgIpc) is 1.80. The molecular weight excluding hydrogens is 116 g/mol. The molecule has 9 heavy (non-hydrogen) atoms. The van der Waals surface area contributed by atoms with Crippen LogP contribution in [-0.2, 0) is 4.84 Å². The van der Waals surface area contributed by atoms with Crippen LogP contribution in [0.1, 0.15) is 20.8 Å². The van der Waals surface area contributed by atoms with E-state index in [0.717, 1.165) is 5.71 Å². The molecule has 1 heterocycles. The zero-order valence-corrected chi connectivity index (χ0v) is 5.88. The molecule has 1 aliphatic heterocycles. The van der Waals surface area contributed by atoms with E-state index < -0.39 is 0 Å². The molecule has 0 bridgehead atoms. The lowest BCUT2D eigenvalue weighted by Crippen LogP contribution is -2.20. The number of amidine groups is 1. The maximum Gasteiger partial charge on any atom is 0.164 e. The van der Waals surface area contributed by atoms with Gasteiger partial charge in [0.1, 0.15) is 0 Å². The van der Waals surface area contributed by atoms with Crippen LogP contribution in [0.4, 0.5) is 0 Å². The number of hydrogen-bond donors (Lipinski definition) is 0. The highest BCUT2D eigenvalue weighted by molar-refractivity contribution is 5.98. The molecule has 3 heteroatoms. The standard InChI is InChI=1S/C6H10N2O/c1-4-5(2)9-8-6(3)7-4/h5H,1-3H3. The van der Waals surface area contributed by atoms with Crippen LogP contribution < -0.4 is 0 Å². The summed E-state index contributed by atoms with van der Waals surface area (Å²) >= 11 is 0. The summed E-state index contributed by atoms with van der Waals surface area (Å²) in [6, 6.07) is 0. The quantitative estimate of drug-likeness (QED) is 0.480. The van der Waals surface area contributed by atoms with Gasteiger partial charge in [0.25, 0.3) is 0 Å². The van der Waals surface area contributed by atoms with Gasteiger partial charge in [-0.1, -0.05) is 5.16 Å². The lowest BCUT2D eigenvalue weighted by atomic mass is 10.3. The highest BCUT2D eigenvalue weighted by Crippen LogP contribution is 2.02. The number of hydrogen-bond acceptors (Lipinski definition) is 3. The first-order valence-electron chi connectivity index (χ1n) is 2.96. The molecule has 0 spiro atoms. The van der Waals surface area contributed by atoms with Crippen molar-refractivity contribution in [3.8, 4) is 0 Å². The minimum Gasteiger partial charge on any atom is -0.385 e. The molecule has 3 nitrogen and oxygen atoms in total. The minimum atomic E-state index is 0.0497. The van der Waals surface area contributed by atoms with Crippen LogP contribution in [0.2, 0.25) is 0 Å². The molecule has 0 saturated heterocycles. The van der Waals surface area contributed by atoms with E-state index in [1.807, 2.05) is 20.8 Å². The summed E-state index contributed by atoms with van der Waals surface area (Å²) in [4.78, 5) is 9.06.